The van der Waals surface area contributed by atoms with E-state index in [1.54, 1.807) is 0 Å². The number of Topliss-reactive ketones (excluding diaryl/α,β-unsaturated/α-hetero) is 1. The molecule has 1 fully saturated rings. The van der Waals surface area contributed by atoms with Crippen molar-refractivity contribution in [1.82, 2.24) is 14.4 Å². The van der Waals surface area contributed by atoms with E-state index < -0.39 is 0 Å². The lowest BCUT2D eigenvalue weighted by molar-refractivity contribution is 0.0830. The van der Waals surface area contributed by atoms with Gasteiger partial charge in [-0.25, -0.2) is 0 Å². The zero-order chi connectivity index (χ0) is 22.3. The molecular formula is C27H33N3O2. The molecule has 5 nitrogen and oxygen atoms in total. The predicted octanol–water partition coefficient (Wildman–Crippen LogP) is 4.03. The van der Waals surface area contributed by atoms with E-state index in [1.165, 1.54) is 5.56 Å². The van der Waals surface area contributed by atoms with E-state index in [2.05, 4.69) is 58.5 Å². The number of ether oxygens (including phenoxy) is 1. The third-order valence-corrected chi connectivity index (χ3v) is 6.31. The second-order valence-electron chi connectivity index (χ2n) is 8.56. The Morgan fingerprint density at radius 2 is 1.50 bits per heavy atom. The molecule has 0 bridgehead atoms. The molecule has 0 spiro atoms. The minimum Gasteiger partial charge on any atom is -0.492 e. The SMILES string of the molecule is Cc1cc(C(=O)CN2CCN(CCOc3ccccc3)CC2)c(C)n1Cc1ccccc1. The van der Waals surface area contributed by atoms with Crippen LogP contribution >= 0.6 is 0 Å². The number of piperazine rings is 1. The van der Waals surface area contributed by atoms with Crippen LogP contribution in [-0.2, 0) is 6.54 Å². The number of hydrogen-bond donors (Lipinski definition) is 0. The van der Waals surface area contributed by atoms with E-state index in [1.807, 2.05) is 36.4 Å². The van der Waals surface area contributed by atoms with Crippen molar-refractivity contribution < 1.29 is 9.53 Å². The molecule has 3 aromatic rings. The second kappa shape index (κ2) is 10.6. The normalized spacial score (nSPS) is 15.1. The van der Waals surface area contributed by atoms with Gasteiger partial charge in [0.25, 0.3) is 0 Å². The predicted molar refractivity (Wildman–Crippen MR) is 129 cm³/mol. The number of aromatic nitrogens is 1. The van der Waals surface area contributed by atoms with Gasteiger partial charge >= 0.3 is 0 Å². The second-order valence-corrected chi connectivity index (χ2v) is 8.56. The molecular weight excluding hydrogens is 398 g/mol. The summed E-state index contributed by atoms with van der Waals surface area (Å²) in [5.74, 6) is 1.14. The number of para-hydroxylation sites is 1. The molecule has 0 N–H and O–H groups in total. The Kier molecular flexibility index (Phi) is 7.40. The van der Waals surface area contributed by atoms with Crippen LogP contribution in [0, 0.1) is 13.8 Å². The van der Waals surface area contributed by atoms with Gasteiger partial charge in [0.15, 0.2) is 5.78 Å². The van der Waals surface area contributed by atoms with Crippen LogP contribution in [0.4, 0.5) is 0 Å². The minimum absolute atomic E-state index is 0.221. The molecule has 0 unspecified atom stereocenters. The number of benzene rings is 2. The molecule has 0 atom stereocenters. The van der Waals surface area contributed by atoms with Crippen molar-refractivity contribution in [2.75, 3.05) is 45.9 Å². The smallest absolute Gasteiger partial charge is 0.178 e. The number of ketones is 1. The summed E-state index contributed by atoms with van der Waals surface area (Å²) in [7, 11) is 0. The van der Waals surface area contributed by atoms with Crippen LogP contribution in [0.15, 0.2) is 66.7 Å². The van der Waals surface area contributed by atoms with E-state index in [-0.39, 0.29) is 5.78 Å². The molecule has 0 amide bonds. The van der Waals surface area contributed by atoms with E-state index in [4.69, 9.17) is 4.74 Å². The summed E-state index contributed by atoms with van der Waals surface area (Å²) in [6.07, 6.45) is 0. The first-order chi connectivity index (χ1) is 15.6. The Morgan fingerprint density at radius 3 is 2.19 bits per heavy atom. The van der Waals surface area contributed by atoms with Gasteiger partial charge in [-0.2, -0.15) is 0 Å². The quantitative estimate of drug-likeness (QED) is 0.480. The largest absolute Gasteiger partial charge is 0.492 e. The molecule has 0 aliphatic carbocycles. The van der Waals surface area contributed by atoms with Crippen LogP contribution in [0.3, 0.4) is 0 Å². The molecule has 2 heterocycles. The maximum Gasteiger partial charge on any atom is 0.178 e. The van der Waals surface area contributed by atoms with Gasteiger partial charge in [-0.15, -0.1) is 0 Å². The van der Waals surface area contributed by atoms with Crippen LogP contribution in [0.2, 0.25) is 0 Å². The first kappa shape index (κ1) is 22.3. The maximum atomic E-state index is 13.1. The van der Waals surface area contributed by atoms with E-state index in [9.17, 15) is 4.79 Å². The number of nitrogens with zero attached hydrogens (tertiary/aromatic N) is 3. The summed E-state index contributed by atoms with van der Waals surface area (Å²) in [6, 6.07) is 22.4. The summed E-state index contributed by atoms with van der Waals surface area (Å²) in [4.78, 5) is 17.8. The van der Waals surface area contributed by atoms with Crippen LogP contribution in [0.1, 0.15) is 27.3 Å². The van der Waals surface area contributed by atoms with Gasteiger partial charge in [-0.3, -0.25) is 14.6 Å². The molecule has 5 heteroatoms. The number of aryl methyl sites for hydroxylation is 1. The van der Waals surface area contributed by atoms with Gasteiger partial charge < -0.3 is 9.30 Å². The van der Waals surface area contributed by atoms with E-state index in [0.717, 1.165) is 62.0 Å². The molecule has 1 aliphatic rings. The van der Waals surface area contributed by atoms with Crippen molar-refractivity contribution in [3.8, 4) is 5.75 Å². The molecule has 4 rings (SSSR count). The van der Waals surface area contributed by atoms with Gasteiger partial charge in [0.1, 0.15) is 12.4 Å². The third kappa shape index (κ3) is 5.67. The Bertz CT molecular complexity index is 1010. The number of carbonyl (C=O) groups excluding carboxylic acids is 1. The van der Waals surface area contributed by atoms with Crippen LogP contribution < -0.4 is 4.74 Å². The third-order valence-electron chi connectivity index (χ3n) is 6.31. The lowest BCUT2D eigenvalue weighted by Crippen LogP contribution is -2.48. The molecule has 0 saturated carbocycles. The summed E-state index contributed by atoms with van der Waals surface area (Å²) in [6.45, 7) is 10.8. The van der Waals surface area contributed by atoms with Crippen LogP contribution in [0.25, 0.3) is 0 Å². The Labute approximate surface area is 191 Å². The fraction of sp³-hybridized carbons (Fsp3) is 0.370. The highest BCUT2D eigenvalue weighted by Gasteiger charge is 2.22. The van der Waals surface area contributed by atoms with Crippen molar-refractivity contribution >= 4 is 5.78 Å². The zero-order valence-electron chi connectivity index (χ0n) is 19.2. The average molecular weight is 432 g/mol. The van der Waals surface area contributed by atoms with Gasteiger partial charge in [-0.05, 0) is 37.6 Å². The number of rotatable bonds is 9. The van der Waals surface area contributed by atoms with Crippen molar-refractivity contribution in [1.29, 1.82) is 0 Å². The lowest BCUT2D eigenvalue weighted by Gasteiger charge is -2.34. The summed E-state index contributed by atoms with van der Waals surface area (Å²) in [5.41, 5.74) is 4.31. The van der Waals surface area contributed by atoms with Crippen molar-refractivity contribution in [2.24, 2.45) is 0 Å². The highest BCUT2D eigenvalue weighted by molar-refractivity contribution is 5.99. The molecule has 0 radical (unpaired) electrons. The molecule has 1 aromatic heterocycles. The standard InChI is InChI=1S/C27H33N3O2/c1-22-19-26(23(2)30(22)20-24-9-5-3-6-10-24)27(31)21-29-15-13-28(14-16-29)17-18-32-25-11-7-4-8-12-25/h3-12,19H,13-18,20-21H2,1-2H3. The Balaban J connectivity index is 1.25. The first-order valence-electron chi connectivity index (χ1n) is 11.5. The van der Waals surface area contributed by atoms with E-state index >= 15 is 0 Å². The first-order valence-corrected chi connectivity index (χ1v) is 11.5. The van der Waals surface area contributed by atoms with Gasteiger partial charge in [0, 0.05) is 56.2 Å². The summed E-state index contributed by atoms with van der Waals surface area (Å²) < 4.78 is 8.06. The van der Waals surface area contributed by atoms with Gasteiger partial charge in [0.2, 0.25) is 0 Å². The van der Waals surface area contributed by atoms with Gasteiger partial charge in [0.05, 0.1) is 6.54 Å². The van der Waals surface area contributed by atoms with Crippen molar-refractivity contribution in [2.45, 2.75) is 20.4 Å². The molecule has 1 saturated heterocycles. The monoisotopic (exact) mass is 431 g/mol. The number of hydrogen-bond acceptors (Lipinski definition) is 4. The Morgan fingerprint density at radius 1 is 0.875 bits per heavy atom. The molecule has 1 aliphatic heterocycles. The average Bonchev–Trinajstić information content (AvgIpc) is 3.10. The van der Waals surface area contributed by atoms with Crippen molar-refractivity contribution in [3.63, 3.8) is 0 Å². The van der Waals surface area contributed by atoms with Gasteiger partial charge in [-0.1, -0.05) is 48.5 Å². The summed E-state index contributed by atoms with van der Waals surface area (Å²) >= 11 is 0. The minimum atomic E-state index is 0.221. The maximum absolute atomic E-state index is 13.1. The zero-order valence-corrected chi connectivity index (χ0v) is 19.2. The van der Waals surface area contributed by atoms with Crippen LogP contribution in [-0.4, -0.2) is 66.0 Å². The van der Waals surface area contributed by atoms with Crippen LogP contribution in [0.5, 0.6) is 5.75 Å². The topological polar surface area (TPSA) is 37.7 Å². The molecule has 2 aromatic carbocycles. The fourth-order valence-electron chi connectivity index (χ4n) is 4.36. The van der Waals surface area contributed by atoms with Crippen molar-refractivity contribution in [3.05, 3.63) is 89.2 Å². The Hall–Kier alpha value is -2.89. The lowest BCUT2D eigenvalue weighted by atomic mass is 10.1. The molecule has 168 valence electrons. The molecule has 32 heavy (non-hydrogen) atoms. The fourth-order valence-corrected chi connectivity index (χ4v) is 4.36. The van der Waals surface area contributed by atoms with E-state index in [0.29, 0.717) is 13.2 Å². The highest BCUT2D eigenvalue weighted by Crippen LogP contribution is 2.18. The number of carbonyl (C=O) groups is 1. The summed E-state index contributed by atoms with van der Waals surface area (Å²) in [5, 5.41) is 0. The highest BCUT2D eigenvalue weighted by atomic mass is 16.5.